The molecule has 0 fully saturated rings. The highest BCUT2D eigenvalue weighted by Gasteiger charge is 2.14. The van der Waals surface area contributed by atoms with Crippen LogP contribution in [-0.4, -0.2) is 11.9 Å². The molecule has 110 valence electrons. The molecule has 4 heteroatoms. The lowest BCUT2D eigenvalue weighted by Crippen LogP contribution is -2.32. The van der Waals surface area contributed by atoms with Crippen molar-refractivity contribution in [2.24, 2.45) is 0 Å². The van der Waals surface area contributed by atoms with Crippen molar-refractivity contribution in [3.8, 4) is 0 Å². The van der Waals surface area contributed by atoms with E-state index < -0.39 is 0 Å². The first kappa shape index (κ1) is 15.4. The fraction of sp³-hybridized carbons (Fsp3) is 0.235. The second-order valence-corrected chi connectivity index (χ2v) is 5.82. The number of nitrogens with one attached hydrogen (secondary N) is 1. The minimum absolute atomic E-state index is 0.101. The topological polar surface area (TPSA) is 29.1 Å². The number of hydrogen-bond donors (Lipinski definition) is 1. The summed E-state index contributed by atoms with van der Waals surface area (Å²) in [5, 5.41) is 4.91. The van der Waals surface area contributed by atoms with Crippen molar-refractivity contribution >= 4 is 28.9 Å². The van der Waals surface area contributed by atoms with E-state index in [1.165, 1.54) is 23.5 Å². The zero-order chi connectivity index (χ0) is 15.2. The molecule has 1 heterocycles. The first-order chi connectivity index (χ1) is 10.1. The Morgan fingerprint density at radius 1 is 1.33 bits per heavy atom. The minimum Gasteiger partial charge on any atom is -0.350 e. The van der Waals surface area contributed by atoms with E-state index in [1.54, 1.807) is 18.2 Å². The summed E-state index contributed by atoms with van der Waals surface area (Å²) in [5.41, 5.74) is 1.41. The molecule has 2 rings (SSSR count). The summed E-state index contributed by atoms with van der Waals surface area (Å²) in [5.74, 6) is -0.384. The highest BCUT2D eigenvalue weighted by molar-refractivity contribution is 7.11. The third-order valence-electron chi connectivity index (χ3n) is 3.20. The van der Waals surface area contributed by atoms with Crippen LogP contribution >= 0.6 is 11.3 Å². The van der Waals surface area contributed by atoms with E-state index >= 15 is 0 Å². The molecule has 1 aromatic carbocycles. The van der Waals surface area contributed by atoms with Crippen molar-refractivity contribution in [1.29, 1.82) is 0 Å². The molecule has 0 saturated carbocycles. The van der Waals surface area contributed by atoms with Gasteiger partial charge >= 0.3 is 0 Å². The molecule has 0 radical (unpaired) electrons. The molecule has 2 aromatic rings. The lowest BCUT2D eigenvalue weighted by atomic mass is 10.1. The fourth-order valence-electron chi connectivity index (χ4n) is 1.81. The van der Waals surface area contributed by atoms with Gasteiger partial charge in [0.2, 0.25) is 0 Å². The molecule has 1 atom stereocenters. The van der Waals surface area contributed by atoms with Gasteiger partial charge in [0.05, 0.1) is 5.57 Å². The van der Waals surface area contributed by atoms with Crippen LogP contribution in [0.25, 0.3) is 11.6 Å². The number of carbonyl (C=O) groups is 1. The lowest BCUT2D eigenvalue weighted by Gasteiger charge is -2.13. The van der Waals surface area contributed by atoms with Crippen LogP contribution in [0, 0.1) is 5.82 Å². The molecular weight excluding hydrogens is 285 g/mol. The Morgan fingerprint density at radius 3 is 2.62 bits per heavy atom. The number of thiophene rings is 1. The molecule has 0 spiro atoms. The molecule has 0 aliphatic heterocycles. The number of amides is 1. The summed E-state index contributed by atoms with van der Waals surface area (Å²) in [7, 11) is 0. The summed E-state index contributed by atoms with van der Waals surface area (Å²) < 4.78 is 13.0. The predicted octanol–water partition coefficient (Wildman–Crippen LogP) is 4.34. The Hall–Kier alpha value is -1.94. The second-order valence-electron chi connectivity index (χ2n) is 4.87. The average Bonchev–Trinajstić information content (AvgIpc) is 3.00. The first-order valence-corrected chi connectivity index (χ1v) is 7.80. The van der Waals surface area contributed by atoms with Gasteiger partial charge in [0, 0.05) is 10.9 Å². The molecule has 0 bridgehead atoms. The minimum atomic E-state index is -0.283. The van der Waals surface area contributed by atoms with Gasteiger partial charge in [-0.1, -0.05) is 25.1 Å². The first-order valence-electron chi connectivity index (χ1n) is 6.92. The molecular formula is C17H18FNOS. The molecule has 21 heavy (non-hydrogen) atoms. The van der Waals surface area contributed by atoms with Crippen LogP contribution in [0.4, 0.5) is 4.39 Å². The molecule has 0 aliphatic carbocycles. The van der Waals surface area contributed by atoms with Crippen molar-refractivity contribution in [2.75, 3.05) is 0 Å². The number of benzene rings is 1. The van der Waals surface area contributed by atoms with Crippen LogP contribution in [0.15, 0.2) is 41.8 Å². The molecule has 2 nitrogen and oxygen atoms in total. The maximum absolute atomic E-state index is 13.0. The average molecular weight is 303 g/mol. The molecule has 1 aromatic heterocycles. The smallest absolute Gasteiger partial charge is 0.252 e. The molecule has 1 N–H and O–H groups in total. The van der Waals surface area contributed by atoms with E-state index in [0.717, 1.165) is 16.9 Å². The lowest BCUT2D eigenvalue weighted by molar-refractivity contribution is -0.116. The van der Waals surface area contributed by atoms with Crippen molar-refractivity contribution in [3.63, 3.8) is 0 Å². The monoisotopic (exact) mass is 303 g/mol. The van der Waals surface area contributed by atoms with Crippen LogP contribution in [0.5, 0.6) is 0 Å². The maximum atomic E-state index is 13.0. The van der Waals surface area contributed by atoms with Crippen molar-refractivity contribution in [3.05, 3.63) is 58.0 Å². The van der Waals surface area contributed by atoms with Crippen LogP contribution in [0.1, 0.15) is 30.7 Å². The van der Waals surface area contributed by atoms with Crippen molar-refractivity contribution < 1.29 is 9.18 Å². The molecule has 1 amide bonds. The van der Waals surface area contributed by atoms with Crippen molar-refractivity contribution in [1.82, 2.24) is 5.32 Å². The largest absolute Gasteiger partial charge is 0.350 e. The zero-order valence-corrected chi connectivity index (χ0v) is 12.9. The normalized spacial score (nSPS) is 13.0. The van der Waals surface area contributed by atoms with Crippen LogP contribution in [-0.2, 0) is 4.79 Å². The van der Waals surface area contributed by atoms with Crippen LogP contribution in [0.3, 0.4) is 0 Å². The van der Waals surface area contributed by atoms with E-state index in [2.05, 4.69) is 5.32 Å². The quantitative estimate of drug-likeness (QED) is 0.818. The summed E-state index contributed by atoms with van der Waals surface area (Å²) in [6.45, 7) is 4.00. The summed E-state index contributed by atoms with van der Waals surface area (Å²) in [4.78, 5) is 13.3. The van der Waals surface area contributed by atoms with E-state index in [0.29, 0.717) is 5.57 Å². The Balaban J connectivity index is 2.32. The Bertz CT molecular complexity index is 617. The van der Waals surface area contributed by atoms with Crippen LogP contribution < -0.4 is 5.32 Å². The predicted molar refractivity (Wildman–Crippen MR) is 86.5 cm³/mol. The van der Waals surface area contributed by atoms with Gasteiger partial charge in [-0.25, -0.2) is 4.39 Å². The maximum Gasteiger partial charge on any atom is 0.252 e. The van der Waals surface area contributed by atoms with E-state index in [-0.39, 0.29) is 17.8 Å². The number of halogens is 1. The highest BCUT2D eigenvalue weighted by Crippen LogP contribution is 2.23. The highest BCUT2D eigenvalue weighted by atomic mass is 32.1. The molecule has 0 unspecified atom stereocenters. The number of carbonyl (C=O) groups excluding carboxylic acids is 1. The van der Waals surface area contributed by atoms with E-state index in [9.17, 15) is 9.18 Å². The zero-order valence-electron chi connectivity index (χ0n) is 12.1. The molecule has 0 aliphatic rings. The number of rotatable bonds is 5. The van der Waals surface area contributed by atoms with Gasteiger partial charge in [-0.3, -0.25) is 4.79 Å². The fourth-order valence-corrected chi connectivity index (χ4v) is 2.55. The third kappa shape index (κ3) is 4.26. The number of hydrogen-bond acceptors (Lipinski definition) is 2. The van der Waals surface area contributed by atoms with Gasteiger partial charge < -0.3 is 5.32 Å². The van der Waals surface area contributed by atoms with Crippen LogP contribution in [0.2, 0.25) is 0 Å². The van der Waals surface area contributed by atoms with Gasteiger partial charge in [-0.2, -0.15) is 0 Å². The standard InChI is InChI=1S/C17H18FNOS/c1-3-12(2)19-17(20)15(16-5-4-10-21-16)11-13-6-8-14(18)9-7-13/h4-12H,3H2,1-2H3,(H,19,20)/b15-11+/t12-/m0/s1. The Labute approximate surface area is 128 Å². The van der Waals surface area contributed by atoms with Crippen molar-refractivity contribution in [2.45, 2.75) is 26.3 Å². The second kappa shape index (κ2) is 7.18. The van der Waals surface area contributed by atoms with Gasteiger partial charge in [-0.15, -0.1) is 11.3 Å². The van der Waals surface area contributed by atoms with Gasteiger partial charge in [0.15, 0.2) is 0 Å². The summed E-state index contributed by atoms with van der Waals surface area (Å²) >= 11 is 1.51. The Morgan fingerprint density at radius 2 is 2.05 bits per heavy atom. The SMILES string of the molecule is CC[C@H](C)NC(=O)/C(=C/c1ccc(F)cc1)c1cccs1. The summed E-state index contributed by atoms with van der Waals surface area (Å²) in [6, 6.07) is 10.1. The third-order valence-corrected chi connectivity index (χ3v) is 4.11. The van der Waals surface area contributed by atoms with Gasteiger partial charge in [0.1, 0.15) is 5.82 Å². The van der Waals surface area contributed by atoms with E-state index in [4.69, 9.17) is 0 Å². The Kier molecular flexibility index (Phi) is 5.28. The molecule has 0 saturated heterocycles. The van der Waals surface area contributed by atoms with Gasteiger partial charge in [0.25, 0.3) is 5.91 Å². The van der Waals surface area contributed by atoms with Gasteiger partial charge in [-0.05, 0) is 48.6 Å². The van der Waals surface area contributed by atoms with E-state index in [1.807, 2.05) is 31.4 Å². The summed E-state index contributed by atoms with van der Waals surface area (Å²) in [6.07, 6.45) is 2.67.